The quantitative estimate of drug-likeness (QED) is 0.0499. The summed E-state index contributed by atoms with van der Waals surface area (Å²) in [5.74, 6) is -1.89. The first-order chi connectivity index (χ1) is 25.7. The number of hydrogen-bond acceptors (Lipinski definition) is 10. The van der Waals surface area contributed by atoms with Crippen LogP contribution in [-0.2, 0) is 32.9 Å². The highest BCUT2D eigenvalue weighted by Gasteiger charge is 2.57. The number of aryl methyl sites for hydroxylation is 1. The molecule has 3 heterocycles. The molecule has 2 aliphatic heterocycles. The third-order valence-electron chi connectivity index (χ3n) is 12.4. The van der Waals surface area contributed by atoms with Crippen LogP contribution in [0.1, 0.15) is 118 Å². The lowest BCUT2D eigenvalue weighted by molar-refractivity contribution is -0.376. The van der Waals surface area contributed by atoms with Crippen molar-refractivity contribution >= 4 is 39.6 Å². The number of aliphatic hydroxyl groups excluding tert-OH is 1. The van der Waals surface area contributed by atoms with E-state index in [-0.39, 0.29) is 36.1 Å². The maximum atomic E-state index is 14.5. The number of hydrogen-bond donors (Lipinski definition) is 1. The van der Waals surface area contributed by atoms with Crippen molar-refractivity contribution in [2.24, 2.45) is 17.3 Å². The predicted octanol–water partition coefficient (Wildman–Crippen LogP) is 10.9. The molecule has 9 nitrogen and oxygen atoms in total. The number of nitrogens with zero attached hydrogens (tertiary/aromatic N) is 1. The van der Waals surface area contributed by atoms with E-state index in [1.807, 2.05) is 27.7 Å². The number of aliphatic hydroxyl groups is 1. The Hall–Kier alpha value is -1.07. The van der Waals surface area contributed by atoms with Crippen LogP contribution in [0.25, 0.3) is 6.08 Å². The molecular weight excluding hydrogens is 759 g/mol. The molecule has 1 aromatic rings. The minimum absolute atomic E-state index is 0.0173. The van der Waals surface area contributed by atoms with Crippen LogP contribution < -0.4 is 0 Å². The van der Waals surface area contributed by atoms with Gasteiger partial charge in [-0.1, -0.05) is 79.8 Å². The number of fused-ring (bicyclic) bond motifs is 2. The SMILES string of the molecule is C/C(=C/C[C@H](OCOCC[Si](C)(C)C)/C(C)=C/c1csc(C)n1)CCC[C@H](C)[C@@H](O)[C@@H](C)C(=O)C(C)(C)[C@H](C[C@]12OCC[C@](C)(CO1)O2)O[Si](C)(C)C(C)(C)C. The normalized spacial score (nSPS) is 24.2. The average Bonchev–Trinajstić information content (AvgIpc) is 3.59. The molecule has 2 fully saturated rings. The molecule has 12 heteroatoms. The summed E-state index contributed by atoms with van der Waals surface area (Å²) in [4.78, 5) is 19.1. The van der Waals surface area contributed by atoms with Gasteiger partial charge in [0, 0.05) is 37.8 Å². The first-order valence-corrected chi connectivity index (χ1v) is 28.5. The average molecular weight is 838 g/mol. The third-order valence-corrected chi connectivity index (χ3v) is 19.3. The van der Waals surface area contributed by atoms with E-state index < -0.39 is 51.5 Å². The molecule has 0 aromatic carbocycles. The summed E-state index contributed by atoms with van der Waals surface area (Å²) in [7, 11) is -3.50. The van der Waals surface area contributed by atoms with Crippen LogP contribution in [-0.4, -0.2) is 88.8 Å². The molecule has 2 saturated heterocycles. The van der Waals surface area contributed by atoms with Crippen LogP contribution in [0.2, 0.25) is 43.8 Å². The lowest BCUT2D eigenvalue weighted by Crippen LogP contribution is -2.56. The van der Waals surface area contributed by atoms with Gasteiger partial charge in [0.1, 0.15) is 12.6 Å². The van der Waals surface area contributed by atoms with E-state index in [2.05, 4.69) is 104 Å². The monoisotopic (exact) mass is 838 g/mol. The molecule has 0 aliphatic carbocycles. The van der Waals surface area contributed by atoms with Gasteiger partial charge >= 0.3 is 0 Å². The zero-order valence-corrected chi connectivity index (χ0v) is 40.9. The van der Waals surface area contributed by atoms with Gasteiger partial charge in [-0.3, -0.25) is 4.79 Å². The van der Waals surface area contributed by atoms with Crippen LogP contribution >= 0.6 is 11.3 Å². The van der Waals surface area contributed by atoms with Crippen LogP contribution in [0, 0.1) is 24.2 Å². The summed E-state index contributed by atoms with van der Waals surface area (Å²) in [5, 5.41) is 14.7. The summed E-state index contributed by atoms with van der Waals surface area (Å²) in [6.07, 6.45) is 7.37. The first-order valence-electron chi connectivity index (χ1n) is 21.0. The molecule has 56 heavy (non-hydrogen) atoms. The number of aromatic nitrogens is 1. The molecule has 0 unspecified atom stereocenters. The Morgan fingerprint density at radius 3 is 2.39 bits per heavy atom. The van der Waals surface area contributed by atoms with Gasteiger partial charge < -0.3 is 33.2 Å². The lowest BCUT2D eigenvalue weighted by Gasteiger charge is -2.47. The Labute approximate surface area is 346 Å². The second-order valence-corrected chi connectivity index (χ2v) is 31.8. The Kier molecular flexibility index (Phi) is 17.6. The lowest BCUT2D eigenvalue weighted by atomic mass is 9.72. The Balaban J connectivity index is 1.63. The first kappa shape index (κ1) is 49.3. The van der Waals surface area contributed by atoms with Gasteiger partial charge in [0.2, 0.25) is 0 Å². The Morgan fingerprint density at radius 1 is 1.11 bits per heavy atom. The fourth-order valence-electron chi connectivity index (χ4n) is 7.08. The molecule has 0 spiro atoms. The van der Waals surface area contributed by atoms with E-state index in [1.165, 1.54) is 5.57 Å². The number of carbonyl (C=O) groups excluding carboxylic acids is 1. The number of Topliss-reactive ketones (excluding diaryl/α,β-unsaturated/α-hetero) is 1. The minimum atomic E-state index is -2.33. The summed E-state index contributed by atoms with van der Waals surface area (Å²) in [6.45, 7) is 36.2. The van der Waals surface area contributed by atoms with E-state index >= 15 is 0 Å². The highest BCUT2D eigenvalue weighted by Crippen LogP contribution is 2.47. The van der Waals surface area contributed by atoms with Crippen LogP contribution in [0.4, 0.5) is 0 Å². The van der Waals surface area contributed by atoms with Gasteiger partial charge in [0.05, 0.1) is 54.2 Å². The van der Waals surface area contributed by atoms with E-state index in [4.69, 9.17) is 28.1 Å². The van der Waals surface area contributed by atoms with E-state index in [1.54, 1.807) is 11.3 Å². The number of allylic oxidation sites excluding steroid dienone is 1. The summed E-state index contributed by atoms with van der Waals surface area (Å²) in [5.41, 5.74) is 2.03. The largest absolute Gasteiger partial charge is 0.413 e. The van der Waals surface area contributed by atoms with Gasteiger partial charge in [0.15, 0.2) is 8.32 Å². The predicted molar refractivity (Wildman–Crippen MR) is 235 cm³/mol. The molecule has 7 atom stereocenters. The fourth-order valence-corrected chi connectivity index (χ4v) is 9.85. The molecule has 0 radical (unpaired) electrons. The molecule has 3 rings (SSSR count). The van der Waals surface area contributed by atoms with Crippen molar-refractivity contribution in [2.75, 3.05) is 26.6 Å². The van der Waals surface area contributed by atoms with Gasteiger partial charge in [-0.15, -0.1) is 11.3 Å². The van der Waals surface area contributed by atoms with Gasteiger partial charge in [-0.25, -0.2) is 4.98 Å². The van der Waals surface area contributed by atoms with Crippen molar-refractivity contribution < 1.29 is 38.0 Å². The van der Waals surface area contributed by atoms with Crippen molar-refractivity contribution in [2.45, 2.75) is 188 Å². The fraction of sp³-hybridized carbons (Fsp3) is 0.818. The minimum Gasteiger partial charge on any atom is -0.413 e. The van der Waals surface area contributed by atoms with Crippen molar-refractivity contribution in [3.63, 3.8) is 0 Å². The summed E-state index contributed by atoms with van der Waals surface area (Å²) in [6, 6.07) is 1.11. The molecule has 322 valence electrons. The summed E-state index contributed by atoms with van der Waals surface area (Å²) < 4.78 is 38.0. The zero-order chi connectivity index (χ0) is 42.3. The molecule has 1 aromatic heterocycles. The molecular formula is C44H79NO8SSi2. The Bertz CT molecular complexity index is 1480. The third kappa shape index (κ3) is 14.3. The zero-order valence-electron chi connectivity index (χ0n) is 38.1. The highest BCUT2D eigenvalue weighted by molar-refractivity contribution is 7.09. The van der Waals surface area contributed by atoms with Crippen molar-refractivity contribution in [1.82, 2.24) is 4.98 Å². The molecule has 2 aliphatic rings. The second kappa shape index (κ2) is 20.0. The van der Waals surface area contributed by atoms with Gasteiger partial charge in [-0.2, -0.15) is 0 Å². The number of ether oxygens (including phenoxy) is 5. The molecule has 1 N–H and O–H groups in total. The molecule has 0 saturated carbocycles. The standard InChI is InChI=1S/C44H79NO8SSi2/c1-31(20-21-37(49-30-48-24-25-55(12,13)14)33(3)26-36-28-54-35(5)45-36)18-17-19-32(2)39(46)34(4)40(47)42(9,10)38(52-56(15,16)41(6,7)8)27-44-50-23-22-43(11,53-44)29-51-44/h20,26,28,32,34,37-39,46H,17-19,21-25,27,29-30H2,1-16H3/b31-20-,33-26+/t32-,34+,37-,38-,39+,43+,44-/m0/s1. The Morgan fingerprint density at radius 2 is 1.79 bits per heavy atom. The van der Waals surface area contributed by atoms with E-state index in [0.29, 0.717) is 13.2 Å². The molecule has 2 bridgehead atoms. The number of carbonyl (C=O) groups is 1. The highest BCUT2D eigenvalue weighted by atomic mass is 32.1. The topological polar surface area (TPSA) is 106 Å². The van der Waals surface area contributed by atoms with Gasteiger partial charge in [-0.05, 0) is 95.1 Å². The van der Waals surface area contributed by atoms with Crippen molar-refractivity contribution in [3.05, 3.63) is 33.3 Å². The van der Waals surface area contributed by atoms with Crippen LogP contribution in [0.5, 0.6) is 0 Å². The second-order valence-electron chi connectivity index (χ2n) is 20.4. The maximum Gasteiger partial charge on any atom is 0.286 e. The van der Waals surface area contributed by atoms with Crippen LogP contribution in [0.3, 0.4) is 0 Å². The van der Waals surface area contributed by atoms with Crippen molar-refractivity contribution in [3.8, 4) is 0 Å². The smallest absolute Gasteiger partial charge is 0.286 e. The summed E-state index contributed by atoms with van der Waals surface area (Å²) >= 11 is 1.65. The van der Waals surface area contributed by atoms with Crippen molar-refractivity contribution in [1.29, 1.82) is 0 Å². The molecule has 0 amide bonds. The number of ketones is 1. The maximum absolute atomic E-state index is 14.5. The number of rotatable bonds is 23. The number of thiazole rings is 1. The van der Waals surface area contributed by atoms with Gasteiger partial charge in [0.25, 0.3) is 5.97 Å². The van der Waals surface area contributed by atoms with Crippen LogP contribution in [0.15, 0.2) is 22.6 Å². The van der Waals surface area contributed by atoms with E-state index in [9.17, 15) is 9.90 Å². The van der Waals surface area contributed by atoms with E-state index in [0.717, 1.165) is 61.0 Å².